The van der Waals surface area contributed by atoms with Crippen molar-refractivity contribution in [3.63, 3.8) is 0 Å². The van der Waals surface area contributed by atoms with E-state index in [1.54, 1.807) is 13.8 Å². The van der Waals surface area contributed by atoms with Crippen LogP contribution in [0, 0.1) is 22.7 Å². The van der Waals surface area contributed by atoms with Crippen molar-refractivity contribution in [2.75, 3.05) is 6.61 Å². The molecule has 7 heteroatoms. The topological polar surface area (TPSA) is 115 Å². The molecule has 0 saturated heterocycles. The van der Waals surface area contributed by atoms with E-state index in [1.807, 2.05) is 0 Å². The van der Waals surface area contributed by atoms with E-state index in [9.17, 15) is 30.0 Å². The van der Waals surface area contributed by atoms with Gasteiger partial charge in [-0.15, -0.1) is 0 Å². The molecule has 0 bridgehead atoms. The van der Waals surface area contributed by atoms with Gasteiger partial charge in [-0.1, -0.05) is 18.6 Å². The molecule has 0 heterocycles. The summed E-state index contributed by atoms with van der Waals surface area (Å²) >= 11 is 0. The lowest BCUT2D eigenvalue weighted by Crippen LogP contribution is -2.69. The monoisotopic (exact) mass is 394 g/mol. The second-order valence-electron chi connectivity index (χ2n) is 9.36. The maximum Gasteiger partial charge on any atom is 0.192 e. The van der Waals surface area contributed by atoms with Crippen LogP contribution in [0.3, 0.4) is 0 Å². The van der Waals surface area contributed by atoms with Crippen molar-refractivity contribution in [2.24, 2.45) is 22.7 Å². The quantitative estimate of drug-likeness (QED) is 0.546. The van der Waals surface area contributed by atoms with Crippen LogP contribution in [0.1, 0.15) is 39.5 Å². The lowest BCUT2D eigenvalue weighted by atomic mass is 9.44. The fourth-order valence-corrected chi connectivity index (χ4v) is 6.85. The highest BCUT2D eigenvalue weighted by Gasteiger charge is 2.76. The zero-order chi connectivity index (χ0) is 20.7. The van der Waals surface area contributed by atoms with Crippen molar-refractivity contribution in [2.45, 2.75) is 63.0 Å². The molecule has 3 saturated carbocycles. The van der Waals surface area contributed by atoms with Crippen molar-refractivity contribution < 1.29 is 34.4 Å². The Morgan fingerprint density at radius 1 is 1.25 bits per heavy atom. The molecule has 0 radical (unpaired) electrons. The Hall–Kier alpha value is -1.41. The van der Waals surface area contributed by atoms with Crippen molar-refractivity contribution in [3.05, 3.63) is 23.8 Å². The van der Waals surface area contributed by atoms with Gasteiger partial charge in [0.05, 0.1) is 12.2 Å². The van der Waals surface area contributed by atoms with Gasteiger partial charge in [-0.2, -0.15) is 0 Å². The Balaban J connectivity index is 1.84. The normalized spacial score (nSPS) is 52.5. The van der Waals surface area contributed by atoms with Crippen LogP contribution >= 0.6 is 0 Å². The zero-order valence-electron chi connectivity index (χ0n) is 16.1. The van der Waals surface area contributed by atoms with E-state index in [-0.39, 0.29) is 18.6 Å². The van der Waals surface area contributed by atoms with E-state index in [1.165, 1.54) is 18.2 Å². The minimum absolute atomic E-state index is 0.0135. The Labute approximate surface area is 162 Å². The van der Waals surface area contributed by atoms with Crippen molar-refractivity contribution in [3.8, 4) is 0 Å². The van der Waals surface area contributed by atoms with Crippen LogP contribution in [-0.4, -0.2) is 62.1 Å². The molecule has 3 fully saturated rings. The van der Waals surface area contributed by atoms with Gasteiger partial charge >= 0.3 is 0 Å². The molecular weight excluding hydrogens is 367 g/mol. The molecular formula is C21H27FO6. The van der Waals surface area contributed by atoms with Gasteiger partial charge in [0.2, 0.25) is 0 Å². The molecule has 4 aliphatic carbocycles. The molecule has 0 spiro atoms. The summed E-state index contributed by atoms with van der Waals surface area (Å²) in [6.07, 6.45) is 1.93. The molecule has 154 valence electrons. The minimum Gasteiger partial charge on any atom is -0.390 e. The Bertz CT molecular complexity index is 807. The van der Waals surface area contributed by atoms with Crippen molar-refractivity contribution in [1.82, 2.24) is 0 Å². The maximum absolute atomic E-state index is 16.8. The van der Waals surface area contributed by atoms with Crippen LogP contribution in [0.15, 0.2) is 23.8 Å². The van der Waals surface area contributed by atoms with Crippen LogP contribution in [0.25, 0.3) is 0 Å². The Kier molecular flexibility index (Phi) is 4.13. The second-order valence-corrected chi connectivity index (χ2v) is 9.36. The SMILES string of the molecule is C[C@]12C=CC(=O)C=C1CC[C@@H]1[C@@H]3C[C@H](O)[C@](O)(C(=O)CO)[C@@]3(C)C[C@@H](O)[C@]12F. The number of halogens is 1. The van der Waals surface area contributed by atoms with Crippen LogP contribution in [0.5, 0.6) is 0 Å². The van der Waals surface area contributed by atoms with Crippen LogP contribution in [-0.2, 0) is 9.59 Å². The van der Waals surface area contributed by atoms with E-state index in [4.69, 9.17) is 0 Å². The first-order chi connectivity index (χ1) is 13.0. The summed E-state index contributed by atoms with van der Waals surface area (Å²) in [5.41, 5.74) is -6.12. The number of allylic oxidation sites excluding steroid dienone is 4. The summed E-state index contributed by atoms with van der Waals surface area (Å²) < 4.78 is 16.8. The summed E-state index contributed by atoms with van der Waals surface area (Å²) in [6.45, 7) is 2.33. The number of aliphatic hydroxyl groups excluding tert-OH is 3. The highest BCUT2D eigenvalue weighted by Crippen LogP contribution is 2.69. The number of hydrogen-bond donors (Lipinski definition) is 4. The number of aliphatic hydroxyl groups is 4. The molecule has 0 amide bonds. The number of fused-ring (bicyclic) bond motifs is 5. The van der Waals surface area contributed by atoms with E-state index in [2.05, 4.69) is 0 Å². The second kappa shape index (κ2) is 5.81. The number of carbonyl (C=O) groups is 2. The maximum atomic E-state index is 16.8. The van der Waals surface area contributed by atoms with Crippen molar-refractivity contribution in [1.29, 1.82) is 0 Å². The summed E-state index contributed by atoms with van der Waals surface area (Å²) in [4.78, 5) is 24.2. The zero-order valence-corrected chi connectivity index (χ0v) is 16.1. The summed E-state index contributed by atoms with van der Waals surface area (Å²) in [6, 6.07) is 0. The number of carbonyl (C=O) groups excluding carboxylic acids is 2. The van der Waals surface area contributed by atoms with Gasteiger partial charge in [-0.05, 0) is 50.7 Å². The summed E-state index contributed by atoms with van der Waals surface area (Å²) in [5.74, 6) is -2.38. The smallest absolute Gasteiger partial charge is 0.192 e. The number of alkyl halides is 1. The largest absolute Gasteiger partial charge is 0.390 e. The molecule has 0 aliphatic heterocycles. The predicted molar refractivity (Wildman–Crippen MR) is 96.8 cm³/mol. The molecule has 0 aromatic heterocycles. The number of Topliss-reactive ketones (excluding diaryl/α,β-unsaturated/α-hetero) is 1. The van der Waals surface area contributed by atoms with E-state index >= 15 is 4.39 Å². The van der Waals surface area contributed by atoms with Crippen LogP contribution in [0.4, 0.5) is 4.39 Å². The first-order valence-electron chi connectivity index (χ1n) is 9.82. The predicted octanol–water partition coefficient (Wildman–Crippen LogP) is 0.620. The molecule has 4 aliphatic rings. The van der Waals surface area contributed by atoms with E-state index < -0.39 is 58.5 Å². The average molecular weight is 394 g/mol. The fraction of sp³-hybridized carbons (Fsp3) is 0.714. The van der Waals surface area contributed by atoms with E-state index in [0.29, 0.717) is 18.4 Å². The molecule has 4 N–H and O–H groups in total. The number of rotatable bonds is 2. The molecule has 28 heavy (non-hydrogen) atoms. The lowest BCUT2D eigenvalue weighted by molar-refractivity contribution is -0.222. The Morgan fingerprint density at radius 3 is 2.57 bits per heavy atom. The molecule has 0 aromatic rings. The van der Waals surface area contributed by atoms with Gasteiger partial charge in [0.15, 0.2) is 22.8 Å². The van der Waals surface area contributed by atoms with Gasteiger partial charge in [-0.25, -0.2) is 4.39 Å². The molecule has 6 nitrogen and oxygen atoms in total. The number of ketones is 2. The highest BCUT2D eigenvalue weighted by molar-refractivity contribution is 6.01. The number of hydrogen-bond acceptors (Lipinski definition) is 6. The first-order valence-corrected chi connectivity index (χ1v) is 9.82. The molecule has 4 rings (SSSR count). The third kappa shape index (κ3) is 2.01. The third-order valence-electron chi connectivity index (χ3n) is 8.43. The molecule has 0 aromatic carbocycles. The standard InChI is InChI=1S/C21H27FO6/c1-18-6-5-12(24)7-11(18)3-4-13-14-8-15(25)21(28,17(27)10-23)19(14,2)9-16(26)20(13,18)22/h5-7,13-16,23,25-26,28H,3-4,8-10H2,1-2H3/t13-,14+,15+,16-,18+,19+,20-,21+/m1/s1. The van der Waals surface area contributed by atoms with Crippen molar-refractivity contribution >= 4 is 11.6 Å². The van der Waals surface area contributed by atoms with Gasteiger partial charge in [-0.3, -0.25) is 9.59 Å². The Morgan fingerprint density at radius 2 is 1.93 bits per heavy atom. The summed E-state index contributed by atoms with van der Waals surface area (Å²) in [5, 5.41) is 42.1. The van der Waals surface area contributed by atoms with Crippen LogP contribution in [0.2, 0.25) is 0 Å². The van der Waals surface area contributed by atoms with Gasteiger partial charge in [0.25, 0.3) is 0 Å². The highest BCUT2D eigenvalue weighted by atomic mass is 19.1. The fourth-order valence-electron chi connectivity index (χ4n) is 6.85. The van der Waals surface area contributed by atoms with Gasteiger partial charge in [0, 0.05) is 16.7 Å². The molecule has 8 atom stereocenters. The van der Waals surface area contributed by atoms with E-state index in [0.717, 1.165) is 0 Å². The lowest BCUT2D eigenvalue weighted by Gasteiger charge is -2.62. The summed E-state index contributed by atoms with van der Waals surface area (Å²) in [7, 11) is 0. The van der Waals surface area contributed by atoms with Gasteiger partial charge in [0.1, 0.15) is 6.61 Å². The van der Waals surface area contributed by atoms with Crippen LogP contribution < -0.4 is 0 Å². The molecule has 0 unspecified atom stereocenters. The third-order valence-corrected chi connectivity index (χ3v) is 8.43. The first kappa shape index (κ1) is 19.9. The van der Waals surface area contributed by atoms with Gasteiger partial charge < -0.3 is 20.4 Å². The average Bonchev–Trinajstić information content (AvgIpc) is 2.84. The minimum atomic E-state index is -2.23.